The van der Waals surface area contributed by atoms with Crippen LogP contribution in [0.4, 0.5) is 17.1 Å². The topological polar surface area (TPSA) is 16.4 Å². The molecule has 248 valence electrons. The van der Waals surface area contributed by atoms with Crippen LogP contribution in [0, 0.1) is 0 Å². The summed E-state index contributed by atoms with van der Waals surface area (Å²) in [5.41, 5.74) is 10.5. The quantitative estimate of drug-likeness (QED) is 0.170. The molecule has 0 amide bonds. The van der Waals surface area contributed by atoms with E-state index in [9.17, 15) is 0 Å². The third-order valence-corrected chi connectivity index (χ3v) is 16.8. The molecule has 2 nitrogen and oxygen atoms in total. The van der Waals surface area contributed by atoms with Gasteiger partial charge in [-0.05, 0) is 0 Å². The summed E-state index contributed by atoms with van der Waals surface area (Å²) in [6.45, 7) is 5.09. The van der Waals surface area contributed by atoms with Crippen LogP contribution in [0.25, 0.3) is 75.1 Å². The molecule has 8 aromatic carbocycles. The Labute approximate surface area is 306 Å². The maximum absolute atomic E-state index is 6.43. The molecule has 52 heavy (non-hydrogen) atoms. The van der Waals surface area contributed by atoms with Crippen molar-refractivity contribution >= 4 is 99.7 Å². The number of nitrogens with zero attached hydrogens (tertiary/aromatic N) is 1. The third kappa shape index (κ3) is 4.29. The molecule has 4 heteroatoms. The van der Waals surface area contributed by atoms with Crippen LogP contribution < -0.4 is 15.3 Å². The van der Waals surface area contributed by atoms with Gasteiger partial charge in [0.1, 0.15) is 0 Å². The molecule has 0 radical (unpaired) electrons. The van der Waals surface area contributed by atoms with Gasteiger partial charge in [0.05, 0.1) is 0 Å². The Morgan fingerprint density at radius 1 is 0.481 bits per heavy atom. The Morgan fingerprint density at radius 2 is 1.15 bits per heavy atom. The SMILES string of the molecule is C[SiH-]1(C)c2cc(N(c3ccc(-c4cccc5ccccc45)cc3)c3ccc4c(c3)oc3ccccc34)ccc2-c2c1ccc1c2sc2ccccc21. The van der Waals surface area contributed by atoms with Crippen LogP contribution in [0.5, 0.6) is 0 Å². The van der Waals surface area contributed by atoms with Gasteiger partial charge in [-0.25, -0.2) is 0 Å². The molecule has 0 saturated heterocycles. The Morgan fingerprint density at radius 3 is 2.04 bits per heavy atom. The van der Waals surface area contributed by atoms with Crippen LogP contribution in [0.3, 0.4) is 0 Å². The molecule has 11 rings (SSSR count). The second-order valence-corrected chi connectivity index (χ2v) is 20.9. The summed E-state index contributed by atoms with van der Waals surface area (Å²) in [6, 6.07) is 60.2. The number of rotatable bonds is 4. The fraction of sp³-hybridized carbons (Fsp3) is 0.0417. The summed E-state index contributed by atoms with van der Waals surface area (Å²) in [4.78, 5) is 2.41. The molecule has 10 aromatic rings. The Bertz CT molecular complexity index is 3050. The fourth-order valence-electron chi connectivity index (χ4n) is 8.93. The van der Waals surface area contributed by atoms with Crippen molar-refractivity contribution in [2.45, 2.75) is 13.1 Å². The van der Waals surface area contributed by atoms with E-state index in [2.05, 4.69) is 176 Å². The Kier molecular flexibility index (Phi) is 6.31. The molecule has 0 aliphatic carbocycles. The summed E-state index contributed by atoms with van der Waals surface area (Å²) in [6.07, 6.45) is 0. The zero-order valence-corrected chi connectivity index (χ0v) is 30.9. The molecule has 0 spiro atoms. The molecule has 1 aliphatic heterocycles. The first kappa shape index (κ1) is 29.8. The monoisotopic (exact) mass is 700 g/mol. The van der Waals surface area contributed by atoms with Crippen LogP contribution in [0.1, 0.15) is 0 Å². The first-order valence-corrected chi connectivity index (χ1v) is 22.4. The number of benzene rings is 8. The second-order valence-electron chi connectivity index (χ2n) is 14.8. The number of furan rings is 1. The van der Waals surface area contributed by atoms with Crippen LogP contribution in [0.15, 0.2) is 168 Å². The summed E-state index contributed by atoms with van der Waals surface area (Å²) in [7, 11) is -2.38. The molecular weight excluding hydrogens is 667 g/mol. The molecule has 0 saturated carbocycles. The van der Waals surface area contributed by atoms with Crippen LogP contribution in [0.2, 0.25) is 13.1 Å². The molecule has 0 unspecified atom stereocenters. The summed E-state index contributed by atoms with van der Waals surface area (Å²) >= 11 is 1.94. The van der Waals surface area contributed by atoms with E-state index in [4.69, 9.17) is 4.42 Å². The van der Waals surface area contributed by atoms with Crippen molar-refractivity contribution in [3.05, 3.63) is 164 Å². The molecule has 0 N–H and O–H groups in total. The number of hydrogen-bond donors (Lipinski definition) is 0. The van der Waals surface area contributed by atoms with Gasteiger partial charge in [0, 0.05) is 0 Å². The van der Waals surface area contributed by atoms with Crippen molar-refractivity contribution in [1.82, 2.24) is 0 Å². The predicted molar refractivity (Wildman–Crippen MR) is 228 cm³/mol. The maximum atomic E-state index is 6.43. The van der Waals surface area contributed by atoms with E-state index in [1.165, 1.54) is 64.1 Å². The predicted octanol–water partition coefficient (Wildman–Crippen LogP) is 12.8. The summed E-state index contributed by atoms with van der Waals surface area (Å²) in [5.74, 6) is 0. The normalized spacial score (nSPS) is 14.0. The van der Waals surface area contributed by atoms with Gasteiger partial charge >= 0.3 is 302 Å². The van der Waals surface area contributed by atoms with Crippen LogP contribution in [-0.4, -0.2) is 8.07 Å². The van der Waals surface area contributed by atoms with E-state index in [1.54, 1.807) is 5.19 Å². The van der Waals surface area contributed by atoms with Crippen molar-refractivity contribution in [1.29, 1.82) is 0 Å². The molecule has 2 aromatic heterocycles. The van der Waals surface area contributed by atoms with E-state index in [0.29, 0.717) is 0 Å². The number of thiophene rings is 1. The standard InChI is InChI=1S/C48H34NOSSi/c1-52(2)45-27-26-40-39-14-6-8-17-44(39)51-48(40)47(45)41-25-23-34(29-46(41)52)49(33-22-24-38-37-13-5-7-16-42(37)50-43(38)28-33)32-20-18-31(19-21-32)36-15-9-11-30-10-3-4-12-35(30)36/h3-29,52H,1-2H3/q-1. The van der Waals surface area contributed by atoms with Crippen LogP contribution >= 0.6 is 11.3 Å². The van der Waals surface area contributed by atoms with Gasteiger partial charge in [0.2, 0.25) is 0 Å². The summed E-state index contributed by atoms with van der Waals surface area (Å²) < 4.78 is 9.22. The molecule has 0 fully saturated rings. The third-order valence-electron chi connectivity index (χ3n) is 11.5. The number of para-hydroxylation sites is 1. The van der Waals surface area contributed by atoms with Crippen molar-refractivity contribution in [3.8, 4) is 22.3 Å². The number of hydrogen-bond acceptors (Lipinski definition) is 3. The van der Waals surface area contributed by atoms with Gasteiger partial charge in [-0.15, -0.1) is 0 Å². The average Bonchev–Trinajstić information content (AvgIpc) is 3.82. The van der Waals surface area contributed by atoms with Crippen molar-refractivity contribution in [2.24, 2.45) is 0 Å². The van der Waals surface area contributed by atoms with Gasteiger partial charge in [-0.1, -0.05) is 6.07 Å². The van der Waals surface area contributed by atoms with Crippen molar-refractivity contribution in [3.63, 3.8) is 0 Å². The van der Waals surface area contributed by atoms with E-state index >= 15 is 0 Å². The first-order chi connectivity index (χ1) is 25.5. The second kappa shape index (κ2) is 11.0. The number of anilines is 3. The Balaban J connectivity index is 1.09. The van der Waals surface area contributed by atoms with Crippen LogP contribution in [-0.2, 0) is 0 Å². The molecule has 1 aliphatic rings. The fourth-order valence-corrected chi connectivity index (χ4v) is 13.8. The Hall–Kier alpha value is -5.94. The van der Waals surface area contributed by atoms with Gasteiger partial charge in [-0.3, -0.25) is 0 Å². The van der Waals surface area contributed by atoms with Gasteiger partial charge in [-0.2, -0.15) is 0 Å². The summed E-state index contributed by atoms with van der Waals surface area (Å²) in [5, 5.41) is 10.6. The zero-order chi connectivity index (χ0) is 34.6. The van der Waals surface area contributed by atoms with Gasteiger partial charge < -0.3 is 0 Å². The van der Waals surface area contributed by atoms with E-state index in [0.717, 1.165) is 33.3 Å². The van der Waals surface area contributed by atoms with Gasteiger partial charge in [0.25, 0.3) is 0 Å². The zero-order valence-electron chi connectivity index (χ0n) is 28.9. The van der Waals surface area contributed by atoms with Crippen molar-refractivity contribution in [2.75, 3.05) is 4.90 Å². The van der Waals surface area contributed by atoms with E-state index < -0.39 is 8.07 Å². The minimum atomic E-state index is -2.38. The molecular formula is C48H34NOSSi-. The van der Waals surface area contributed by atoms with Crippen molar-refractivity contribution < 1.29 is 4.42 Å². The average molecular weight is 701 g/mol. The molecule has 0 bridgehead atoms. The van der Waals surface area contributed by atoms with E-state index in [-0.39, 0.29) is 0 Å². The first-order valence-electron chi connectivity index (χ1n) is 18.2. The minimum absolute atomic E-state index is 0.897. The molecule has 3 heterocycles. The van der Waals surface area contributed by atoms with Gasteiger partial charge in [0.15, 0.2) is 0 Å². The number of fused-ring (bicyclic) bond motifs is 11. The molecule has 0 atom stereocenters. The van der Waals surface area contributed by atoms with E-state index in [1.807, 2.05) is 17.4 Å².